The highest BCUT2D eigenvalue weighted by Crippen LogP contribution is 2.26. The van der Waals surface area contributed by atoms with E-state index in [-0.39, 0.29) is 16.7 Å². The van der Waals surface area contributed by atoms with Gasteiger partial charge >= 0.3 is 0 Å². The molecule has 0 aliphatic heterocycles. The van der Waals surface area contributed by atoms with E-state index in [1.165, 1.54) is 17.7 Å². The highest BCUT2D eigenvalue weighted by Gasteiger charge is 2.16. The summed E-state index contributed by atoms with van der Waals surface area (Å²) in [5.41, 5.74) is 1.89. The van der Waals surface area contributed by atoms with Crippen molar-refractivity contribution in [2.45, 2.75) is 26.4 Å². The first kappa shape index (κ1) is 16.3. The monoisotopic (exact) mass is 321 g/mol. The summed E-state index contributed by atoms with van der Waals surface area (Å²) in [4.78, 5) is 12.1. The molecule has 0 saturated heterocycles. The van der Waals surface area contributed by atoms with Gasteiger partial charge in [-0.2, -0.15) is 0 Å². The van der Waals surface area contributed by atoms with Crippen molar-refractivity contribution in [3.05, 3.63) is 58.9 Å². The first-order valence-electron chi connectivity index (χ1n) is 7.01. The van der Waals surface area contributed by atoms with Gasteiger partial charge in [0.25, 0.3) is 5.91 Å². The Labute approximate surface area is 134 Å². The minimum atomic E-state index is -0.756. The van der Waals surface area contributed by atoms with Crippen LogP contribution in [0.4, 0.5) is 10.1 Å². The van der Waals surface area contributed by atoms with Gasteiger partial charge in [0, 0.05) is 5.69 Å². The lowest BCUT2D eigenvalue weighted by Gasteiger charge is -2.15. The zero-order valence-electron chi connectivity index (χ0n) is 12.4. The number of hydrogen-bond acceptors (Lipinski definition) is 2. The fourth-order valence-electron chi connectivity index (χ4n) is 1.88. The first-order chi connectivity index (χ1) is 10.5. The largest absolute Gasteiger partial charge is 0.479 e. The number of aryl methyl sites for hydroxylation is 1. The van der Waals surface area contributed by atoms with Crippen LogP contribution in [0.1, 0.15) is 19.4 Å². The van der Waals surface area contributed by atoms with Crippen molar-refractivity contribution in [1.82, 2.24) is 0 Å². The molecule has 0 aromatic heterocycles. The average molecular weight is 322 g/mol. The molecule has 5 heteroatoms. The van der Waals surface area contributed by atoms with E-state index in [0.717, 1.165) is 12.5 Å². The number of carbonyl (C=O) groups is 1. The number of nitrogens with one attached hydrogen (secondary N) is 1. The maximum Gasteiger partial charge on any atom is 0.265 e. The van der Waals surface area contributed by atoms with E-state index in [0.29, 0.717) is 5.69 Å². The van der Waals surface area contributed by atoms with Crippen LogP contribution in [0.5, 0.6) is 5.75 Å². The van der Waals surface area contributed by atoms with E-state index >= 15 is 0 Å². The standard InChI is InChI=1S/C17H17ClFNO2/c1-3-12-4-7-14(8-5-12)20-17(21)11(2)22-16-9-6-13(19)10-15(16)18/h4-11H,3H2,1-2H3,(H,20,21)/t11-/m1/s1. The van der Waals surface area contributed by atoms with Crippen molar-refractivity contribution in [3.63, 3.8) is 0 Å². The van der Waals surface area contributed by atoms with Gasteiger partial charge in [0.2, 0.25) is 0 Å². The van der Waals surface area contributed by atoms with Crippen LogP contribution in [0, 0.1) is 5.82 Å². The molecule has 3 nitrogen and oxygen atoms in total. The molecule has 116 valence electrons. The number of hydrogen-bond donors (Lipinski definition) is 1. The minimum absolute atomic E-state index is 0.131. The summed E-state index contributed by atoms with van der Waals surface area (Å²) in [6.07, 6.45) is 0.186. The Balaban J connectivity index is 1.99. The van der Waals surface area contributed by atoms with Crippen molar-refractivity contribution in [3.8, 4) is 5.75 Å². The van der Waals surface area contributed by atoms with Gasteiger partial charge in [0.15, 0.2) is 6.10 Å². The molecule has 0 spiro atoms. The van der Waals surface area contributed by atoms with Crippen LogP contribution in [-0.4, -0.2) is 12.0 Å². The average Bonchev–Trinajstić information content (AvgIpc) is 2.50. The summed E-state index contributed by atoms with van der Waals surface area (Å²) in [5.74, 6) is -0.484. The summed E-state index contributed by atoms with van der Waals surface area (Å²) >= 11 is 5.88. The molecular formula is C17H17ClFNO2. The van der Waals surface area contributed by atoms with Crippen LogP contribution < -0.4 is 10.1 Å². The highest BCUT2D eigenvalue weighted by atomic mass is 35.5. The third kappa shape index (κ3) is 4.21. The maximum atomic E-state index is 13.0. The van der Waals surface area contributed by atoms with Crippen molar-refractivity contribution in [2.24, 2.45) is 0 Å². The molecule has 0 aliphatic rings. The molecule has 22 heavy (non-hydrogen) atoms. The normalized spacial score (nSPS) is 11.8. The zero-order valence-corrected chi connectivity index (χ0v) is 13.2. The maximum absolute atomic E-state index is 13.0. The second-order valence-electron chi connectivity index (χ2n) is 4.87. The summed E-state index contributed by atoms with van der Waals surface area (Å²) < 4.78 is 18.4. The van der Waals surface area contributed by atoms with Gasteiger partial charge in [-0.05, 0) is 49.2 Å². The van der Waals surface area contributed by atoms with Gasteiger partial charge in [0.1, 0.15) is 11.6 Å². The fraction of sp³-hybridized carbons (Fsp3) is 0.235. The number of benzene rings is 2. The zero-order chi connectivity index (χ0) is 16.1. The Morgan fingerprint density at radius 3 is 2.55 bits per heavy atom. The van der Waals surface area contributed by atoms with Gasteiger partial charge < -0.3 is 10.1 Å². The number of halogens is 2. The molecule has 0 radical (unpaired) electrons. The number of anilines is 1. The summed E-state index contributed by atoms with van der Waals surface area (Å²) in [6, 6.07) is 11.4. The molecule has 1 atom stereocenters. The van der Waals surface area contributed by atoms with Crippen LogP contribution >= 0.6 is 11.6 Å². The van der Waals surface area contributed by atoms with E-state index in [1.807, 2.05) is 24.3 Å². The van der Waals surface area contributed by atoms with E-state index in [2.05, 4.69) is 12.2 Å². The Morgan fingerprint density at radius 1 is 1.27 bits per heavy atom. The molecular weight excluding hydrogens is 305 g/mol. The lowest BCUT2D eigenvalue weighted by Crippen LogP contribution is -2.30. The Morgan fingerprint density at radius 2 is 1.95 bits per heavy atom. The molecule has 2 aromatic carbocycles. The molecule has 2 rings (SSSR count). The first-order valence-corrected chi connectivity index (χ1v) is 7.39. The predicted octanol–water partition coefficient (Wildman–Crippen LogP) is 4.45. The molecule has 0 bridgehead atoms. The van der Waals surface area contributed by atoms with Gasteiger partial charge in [-0.3, -0.25) is 4.79 Å². The molecule has 1 amide bonds. The number of ether oxygens (including phenoxy) is 1. The predicted molar refractivity (Wildman–Crippen MR) is 85.9 cm³/mol. The van der Waals surface area contributed by atoms with Crippen LogP contribution in [0.25, 0.3) is 0 Å². The van der Waals surface area contributed by atoms with Crippen LogP contribution in [0.15, 0.2) is 42.5 Å². The molecule has 0 heterocycles. The topological polar surface area (TPSA) is 38.3 Å². The summed E-state index contributed by atoms with van der Waals surface area (Å²) in [6.45, 7) is 3.67. The van der Waals surface area contributed by atoms with Crippen molar-refractivity contribution in [2.75, 3.05) is 5.32 Å². The van der Waals surface area contributed by atoms with Crippen molar-refractivity contribution >= 4 is 23.2 Å². The van der Waals surface area contributed by atoms with E-state index < -0.39 is 11.9 Å². The quantitative estimate of drug-likeness (QED) is 0.883. The van der Waals surface area contributed by atoms with Crippen molar-refractivity contribution in [1.29, 1.82) is 0 Å². The van der Waals surface area contributed by atoms with E-state index in [9.17, 15) is 9.18 Å². The van der Waals surface area contributed by atoms with Crippen molar-refractivity contribution < 1.29 is 13.9 Å². The number of carbonyl (C=O) groups excluding carboxylic acids is 1. The molecule has 0 fully saturated rings. The minimum Gasteiger partial charge on any atom is -0.479 e. The summed E-state index contributed by atoms with van der Waals surface area (Å²) in [5, 5.41) is 2.89. The van der Waals surface area contributed by atoms with Gasteiger partial charge in [-0.15, -0.1) is 0 Å². The second-order valence-corrected chi connectivity index (χ2v) is 5.28. The Kier molecular flexibility index (Phi) is 5.39. The van der Waals surface area contributed by atoms with Crippen LogP contribution in [0.3, 0.4) is 0 Å². The molecule has 0 aliphatic carbocycles. The van der Waals surface area contributed by atoms with E-state index in [1.54, 1.807) is 6.92 Å². The van der Waals surface area contributed by atoms with Crippen LogP contribution in [-0.2, 0) is 11.2 Å². The lowest BCUT2D eigenvalue weighted by atomic mass is 10.1. The third-order valence-corrected chi connectivity index (χ3v) is 3.49. The Hall–Kier alpha value is -2.07. The second kappa shape index (κ2) is 7.27. The summed E-state index contributed by atoms with van der Waals surface area (Å²) in [7, 11) is 0. The molecule has 0 unspecified atom stereocenters. The number of amides is 1. The number of rotatable bonds is 5. The van der Waals surface area contributed by atoms with Gasteiger partial charge in [-0.25, -0.2) is 4.39 Å². The SMILES string of the molecule is CCc1ccc(NC(=O)[C@@H](C)Oc2ccc(F)cc2Cl)cc1. The highest BCUT2D eigenvalue weighted by molar-refractivity contribution is 6.32. The molecule has 2 aromatic rings. The van der Waals surface area contributed by atoms with Crippen LogP contribution in [0.2, 0.25) is 5.02 Å². The third-order valence-electron chi connectivity index (χ3n) is 3.20. The van der Waals surface area contributed by atoms with Gasteiger partial charge in [-0.1, -0.05) is 30.7 Å². The lowest BCUT2D eigenvalue weighted by molar-refractivity contribution is -0.122. The van der Waals surface area contributed by atoms with E-state index in [4.69, 9.17) is 16.3 Å². The molecule has 0 saturated carbocycles. The molecule has 1 N–H and O–H groups in total. The smallest absolute Gasteiger partial charge is 0.265 e. The van der Waals surface area contributed by atoms with Gasteiger partial charge in [0.05, 0.1) is 5.02 Å². The fourth-order valence-corrected chi connectivity index (χ4v) is 2.09. The Bertz CT molecular complexity index is 658.